The number of ether oxygens (including phenoxy) is 2. The van der Waals surface area contributed by atoms with Gasteiger partial charge in [0.2, 0.25) is 5.91 Å². The van der Waals surface area contributed by atoms with E-state index in [1.807, 2.05) is 29.2 Å². The van der Waals surface area contributed by atoms with Gasteiger partial charge in [0.15, 0.2) is 11.5 Å². The first kappa shape index (κ1) is 24.1. The van der Waals surface area contributed by atoms with Crippen LogP contribution in [0.15, 0.2) is 23.1 Å². The molecule has 0 N–H and O–H groups in total. The van der Waals surface area contributed by atoms with Gasteiger partial charge in [-0.1, -0.05) is 36.5 Å². The van der Waals surface area contributed by atoms with Crippen LogP contribution in [0.5, 0.6) is 11.5 Å². The lowest BCUT2D eigenvalue weighted by atomic mass is 9.98. The topological polar surface area (TPSA) is 59.1 Å². The number of carbonyl (C=O) groups excluding carboxylic acids is 2. The Kier molecular flexibility index (Phi) is 8.30. The number of nitrogens with zero attached hydrogens (tertiary/aromatic N) is 2. The number of likely N-dealkylation sites (tertiary alicyclic amines) is 1. The molecule has 33 heavy (non-hydrogen) atoms. The molecule has 3 aliphatic rings. The number of rotatable bonds is 7. The minimum Gasteiger partial charge on any atom is -0.493 e. The third-order valence-electron chi connectivity index (χ3n) is 6.46. The van der Waals surface area contributed by atoms with Gasteiger partial charge in [0.25, 0.3) is 5.91 Å². The van der Waals surface area contributed by atoms with Gasteiger partial charge in [0, 0.05) is 26.1 Å². The summed E-state index contributed by atoms with van der Waals surface area (Å²) in [5, 5.41) is 0. The van der Waals surface area contributed by atoms with Crippen LogP contribution in [0.1, 0.15) is 63.4 Å². The summed E-state index contributed by atoms with van der Waals surface area (Å²) >= 11 is 6.72. The number of piperidine rings is 1. The first-order chi connectivity index (χ1) is 16.0. The normalized spacial score (nSPS) is 21.1. The Morgan fingerprint density at radius 3 is 2.58 bits per heavy atom. The third kappa shape index (κ3) is 6.09. The van der Waals surface area contributed by atoms with Crippen LogP contribution in [0.3, 0.4) is 0 Å². The Morgan fingerprint density at radius 1 is 1.12 bits per heavy atom. The smallest absolute Gasteiger partial charge is 0.266 e. The summed E-state index contributed by atoms with van der Waals surface area (Å²) in [6.45, 7) is 1.97. The predicted octanol–water partition coefficient (Wildman–Crippen LogP) is 5.01. The van der Waals surface area contributed by atoms with Gasteiger partial charge < -0.3 is 14.4 Å². The lowest BCUT2D eigenvalue weighted by Gasteiger charge is -2.27. The molecule has 2 heterocycles. The van der Waals surface area contributed by atoms with Gasteiger partial charge in [-0.15, -0.1) is 0 Å². The first-order valence-electron chi connectivity index (χ1n) is 11.9. The molecule has 0 atom stereocenters. The van der Waals surface area contributed by atoms with Gasteiger partial charge in [0.05, 0.1) is 18.1 Å². The van der Waals surface area contributed by atoms with Crippen LogP contribution in [-0.2, 0) is 9.59 Å². The maximum absolute atomic E-state index is 13.0. The van der Waals surface area contributed by atoms with Crippen LogP contribution in [0.25, 0.3) is 6.08 Å². The molecular formula is C25H32N2O4S2. The zero-order chi connectivity index (χ0) is 23.2. The molecule has 1 aromatic carbocycles. The van der Waals surface area contributed by atoms with Crippen LogP contribution in [0.2, 0.25) is 0 Å². The standard InChI is InChI=1S/C25H32N2O4S2/c1-30-21-16-18(10-11-20(21)31-19-8-4-2-5-9-19)17-22-24(29)27(25(32)33-22)15-12-23(28)26-13-6-3-7-14-26/h10-11,16-17,19H,2-9,12-15H2,1H3/b22-17-. The number of carbonyl (C=O) groups is 2. The molecular weight excluding hydrogens is 456 g/mol. The van der Waals surface area contributed by atoms with Crippen molar-refractivity contribution in [3.63, 3.8) is 0 Å². The number of thiocarbonyl (C=S) groups is 1. The second-order valence-electron chi connectivity index (χ2n) is 8.81. The largest absolute Gasteiger partial charge is 0.493 e. The van der Waals surface area contributed by atoms with Crippen molar-refractivity contribution in [2.24, 2.45) is 0 Å². The van der Waals surface area contributed by atoms with Crippen molar-refractivity contribution in [2.75, 3.05) is 26.7 Å². The van der Waals surface area contributed by atoms with Crippen molar-refractivity contribution in [2.45, 2.75) is 63.9 Å². The summed E-state index contributed by atoms with van der Waals surface area (Å²) in [6.07, 6.45) is 11.5. The van der Waals surface area contributed by atoms with E-state index in [1.165, 1.54) is 37.4 Å². The highest BCUT2D eigenvalue weighted by Gasteiger charge is 2.32. The Balaban J connectivity index is 1.39. The van der Waals surface area contributed by atoms with E-state index in [4.69, 9.17) is 21.7 Å². The number of thioether (sulfide) groups is 1. The number of methoxy groups -OCH3 is 1. The predicted molar refractivity (Wildman–Crippen MR) is 135 cm³/mol. The number of hydrogen-bond donors (Lipinski definition) is 0. The average Bonchev–Trinajstić information content (AvgIpc) is 3.11. The minimum atomic E-state index is -0.141. The van der Waals surface area contributed by atoms with Gasteiger partial charge in [-0.2, -0.15) is 0 Å². The Hall–Kier alpha value is -2.06. The lowest BCUT2D eigenvalue weighted by Crippen LogP contribution is -2.38. The molecule has 4 rings (SSSR count). The number of amides is 2. The third-order valence-corrected chi connectivity index (χ3v) is 7.84. The van der Waals surface area contributed by atoms with E-state index in [0.717, 1.165) is 50.1 Å². The Bertz CT molecular complexity index is 921. The van der Waals surface area contributed by atoms with Crippen LogP contribution in [-0.4, -0.2) is 58.8 Å². The SMILES string of the molecule is COc1cc(/C=C2\SC(=S)N(CCC(=O)N3CCCCC3)C2=O)ccc1OC1CCCCC1. The fraction of sp³-hybridized carbons (Fsp3) is 0.560. The molecule has 0 aromatic heterocycles. The summed E-state index contributed by atoms with van der Waals surface area (Å²) in [5.41, 5.74) is 0.854. The fourth-order valence-corrected chi connectivity index (χ4v) is 5.90. The van der Waals surface area contributed by atoms with E-state index >= 15 is 0 Å². The molecule has 2 saturated heterocycles. The summed E-state index contributed by atoms with van der Waals surface area (Å²) < 4.78 is 12.2. The van der Waals surface area contributed by atoms with Crippen molar-refractivity contribution in [3.05, 3.63) is 28.7 Å². The average molecular weight is 489 g/mol. The maximum Gasteiger partial charge on any atom is 0.266 e. The van der Waals surface area contributed by atoms with Gasteiger partial charge in [-0.05, 0) is 68.7 Å². The first-order valence-corrected chi connectivity index (χ1v) is 13.2. The van der Waals surface area contributed by atoms with E-state index in [2.05, 4.69) is 0 Å². The molecule has 178 valence electrons. The van der Waals surface area contributed by atoms with E-state index in [0.29, 0.717) is 27.9 Å². The monoisotopic (exact) mass is 488 g/mol. The Morgan fingerprint density at radius 2 is 1.85 bits per heavy atom. The zero-order valence-electron chi connectivity index (χ0n) is 19.2. The lowest BCUT2D eigenvalue weighted by molar-refractivity contribution is -0.132. The number of benzene rings is 1. The quantitative estimate of drug-likeness (QED) is 0.397. The minimum absolute atomic E-state index is 0.103. The van der Waals surface area contributed by atoms with Gasteiger partial charge in [0.1, 0.15) is 4.32 Å². The van der Waals surface area contributed by atoms with E-state index in [9.17, 15) is 9.59 Å². The van der Waals surface area contributed by atoms with E-state index in [-0.39, 0.29) is 17.9 Å². The number of hydrogen-bond acceptors (Lipinski definition) is 6. The molecule has 1 saturated carbocycles. The Labute approximate surface area is 205 Å². The van der Waals surface area contributed by atoms with Crippen molar-refractivity contribution in [3.8, 4) is 11.5 Å². The van der Waals surface area contributed by atoms with Crippen LogP contribution >= 0.6 is 24.0 Å². The molecule has 2 aliphatic heterocycles. The van der Waals surface area contributed by atoms with Crippen LogP contribution in [0.4, 0.5) is 0 Å². The molecule has 2 amide bonds. The van der Waals surface area contributed by atoms with Crippen molar-refractivity contribution in [1.29, 1.82) is 0 Å². The van der Waals surface area contributed by atoms with Crippen LogP contribution in [0, 0.1) is 0 Å². The summed E-state index contributed by atoms with van der Waals surface area (Å²) in [5.74, 6) is 1.37. The van der Waals surface area contributed by atoms with E-state index < -0.39 is 0 Å². The molecule has 0 bridgehead atoms. The van der Waals surface area contributed by atoms with Crippen LogP contribution < -0.4 is 9.47 Å². The van der Waals surface area contributed by atoms with Crippen molar-refractivity contribution < 1.29 is 19.1 Å². The van der Waals surface area contributed by atoms with E-state index in [1.54, 1.807) is 12.0 Å². The second-order valence-corrected chi connectivity index (χ2v) is 10.5. The molecule has 1 aliphatic carbocycles. The highest BCUT2D eigenvalue weighted by Crippen LogP contribution is 2.36. The zero-order valence-corrected chi connectivity index (χ0v) is 20.8. The molecule has 6 nitrogen and oxygen atoms in total. The fourth-order valence-electron chi connectivity index (χ4n) is 4.59. The molecule has 3 fully saturated rings. The summed E-state index contributed by atoms with van der Waals surface area (Å²) in [7, 11) is 1.63. The molecule has 0 spiro atoms. The molecule has 0 radical (unpaired) electrons. The maximum atomic E-state index is 13.0. The highest BCUT2D eigenvalue weighted by atomic mass is 32.2. The van der Waals surface area contributed by atoms with Gasteiger partial charge >= 0.3 is 0 Å². The summed E-state index contributed by atoms with van der Waals surface area (Å²) in [6, 6.07) is 5.75. The van der Waals surface area contributed by atoms with Crippen molar-refractivity contribution in [1.82, 2.24) is 9.80 Å². The van der Waals surface area contributed by atoms with Gasteiger partial charge in [-0.25, -0.2) is 0 Å². The molecule has 1 aromatic rings. The highest BCUT2D eigenvalue weighted by molar-refractivity contribution is 8.26. The summed E-state index contributed by atoms with van der Waals surface area (Å²) in [4.78, 5) is 29.5. The molecule has 8 heteroatoms. The molecule has 0 unspecified atom stereocenters. The second kappa shape index (κ2) is 11.4. The van der Waals surface area contributed by atoms with Crippen molar-refractivity contribution >= 4 is 46.2 Å². The van der Waals surface area contributed by atoms with Gasteiger partial charge in [-0.3, -0.25) is 14.5 Å².